The van der Waals surface area contributed by atoms with Gasteiger partial charge in [-0.15, -0.1) is 0 Å². The topological polar surface area (TPSA) is 63.5 Å². The van der Waals surface area contributed by atoms with Crippen molar-refractivity contribution >= 4 is 6.03 Å². The van der Waals surface area contributed by atoms with Gasteiger partial charge in [0.2, 0.25) is 0 Å². The molecule has 1 aromatic rings. The van der Waals surface area contributed by atoms with Gasteiger partial charge in [-0.25, -0.2) is 4.79 Å². The zero-order valence-electron chi connectivity index (χ0n) is 11.5. The van der Waals surface area contributed by atoms with Crippen molar-refractivity contribution in [3.8, 4) is 0 Å². The molecule has 1 aliphatic heterocycles. The van der Waals surface area contributed by atoms with E-state index in [2.05, 4.69) is 24.5 Å². The number of hydrogen-bond donors (Lipinski definition) is 2. The molecule has 0 unspecified atom stereocenters. The smallest absolute Gasteiger partial charge is 0.315 e. The number of nitrogens with one attached hydrogen (secondary N) is 2. The van der Waals surface area contributed by atoms with Crippen LogP contribution in [0.4, 0.5) is 4.79 Å². The fraction of sp³-hybridized carbons (Fsp3) is 0.643. The van der Waals surface area contributed by atoms with Crippen LogP contribution in [0.2, 0.25) is 0 Å². The van der Waals surface area contributed by atoms with Crippen molar-refractivity contribution in [2.24, 2.45) is 11.8 Å². The Morgan fingerprint density at radius 1 is 1.47 bits per heavy atom. The molecule has 1 aliphatic rings. The van der Waals surface area contributed by atoms with E-state index < -0.39 is 0 Å². The molecule has 106 valence electrons. The zero-order valence-corrected chi connectivity index (χ0v) is 11.5. The van der Waals surface area contributed by atoms with Crippen molar-refractivity contribution < 1.29 is 13.9 Å². The molecule has 2 rings (SSSR count). The fourth-order valence-corrected chi connectivity index (χ4v) is 2.47. The Kier molecular flexibility index (Phi) is 4.85. The van der Waals surface area contributed by atoms with Gasteiger partial charge >= 0.3 is 6.03 Å². The lowest BCUT2D eigenvalue weighted by Gasteiger charge is -2.22. The summed E-state index contributed by atoms with van der Waals surface area (Å²) in [5.74, 6) is 0.906. The van der Waals surface area contributed by atoms with Crippen molar-refractivity contribution in [3.63, 3.8) is 0 Å². The highest BCUT2D eigenvalue weighted by molar-refractivity contribution is 5.73. The summed E-state index contributed by atoms with van der Waals surface area (Å²) in [4.78, 5) is 11.7. The first-order valence-electron chi connectivity index (χ1n) is 6.81. The molecule has 0 aliphatic carbocycles. The van der Waals surface area contributed by atoms with Crippen molar-refractivity contribution in [1.82, 2.24) is 10.6 Å². The number of rotatable bonds is 5. The minimum absolute atomic E-state index is 0.143. The maximum absolute atomic E-state index is 11.7. The lowest BCUT2D eigenvalue weighted by Crippen LogP contribution is -2.40. The molecule has 1 saturated heterocycles. The van der Waals surface area contributed by atoms with Crippen LogP contribution < -0.4 is 10.6 Å². The van der Waals surface area contributed by atoms with Crippen LogP contribution in [-0.2, 0) is 11.3 Å². The van der Waals surface area contributed by atoms with Crippen LogP contribution in [0.15, 0.2) is 23.0 Å². The molecule has 5 nitrogen and oxygen atoms in total. The number of amides is 2. The Labute approximate surface area is 113 Å². The molecule has 0 aromatic carbocycles. The first kappa shape index (κ1) is 13.9. The molecule has 5 heteroatoms. The highest BCUT2D eigenvalue weighted by atomic mass is 16.5. The van der Waals surface area contributed by atoms with Crippen LogP contribution in [0.25, 0.3) is 0 Å². The molecule has 2 N–H and O–H groups in total. The van der Waals surface area contributed by atoms with Crippen molar-refractivity contribution in [2.75, 3.05) is 13.2 Å². The van der Waals surface area contributed by atoms with E-state index in [0.717, 1.165) is 18.6 Å². The van der Waals surface area contributed by atoms with Crippen LogP contribution in [0.1, 0.15) is 25.8 Å². The largest absolute Gasteiger partial charge is 0.472 e. The van der Waals surface area contributed by atoms with Crippen LogP contribution in [0.5, 0.6) is 0 Å². The molecular weight excluding hydrogens is 244 g/mol. The highest BCUT2D eigenvalue weighted by Crippen LogP contribution is 2.25. The third-order valence-corrected chi connectivity index (χ3v) is 3.48. The monoisotopic (exact) mass is 266 g/mol. The minimum Gasteiger partial charge on any atom is -0.472 e. The van der Waals surface area contributed by atoms with Gasteiger partial charge in [-0.2, -0.15) is 0 Å². The third-order valence-electron chi connectivity index (χ3n) is 3.48. The standard InChI is InChI=1S/C14H22N2O3/c1-10(2)13-12(4-6-19-13)8-16-14(17)15-7-11-3-5-18-9-11/h3,5,9-10,12-13H,4,6-8H2,1-2H3,(H2,15,16,17)/t12-,13-/m1/s1. The van der Waals surface area contributed by atoms with Gasteiger partial charge in [-0.3, -0.25) is 0 Å². The second-order valence-corrected chi connectivity index (χ2v) is 5.32. The summed E-state index contributed by atoms with van der Waals surface area (Å²) in [5.41, 5.74) is 0.958. The second-order valence-electron chi connectivity index (χ2n) is 5.32. The van der Waals surface area contributed by atoms with Gasteiger partial charge in [0.1, 0.15) is 0 Å². The fourth-order valence-electron chi connectivity index (χ4n) is 2.47. The van der Waals surface area contributed by atoms with E-state index in [1.54, 1.807) is 12.5 Å². The molecule has 0 spiro atoms. The predicted molar refractivity (Wildman–Crippen MR) is 71.6 cm³/mol. The molecule has 0 radical (unpaired) electrons. The van der Waals surface area contributed by atoms with Crippen molar-refractivity contribution in [1.29, 1.82) is 0 Å². The molecule has 2 heterocycles. The summed E-state index contributed by atoms with van der Waals surface area (Å²) < 4.78 is 10.6. The quantitative estimate of drug-likeness (QED) is 0.858. The average molecular weight is 266 g/mol. The number of furan rings is 1. The van der Waals surface area contributed by atoms with E-state index in [1.807, 2.05) is 6.07 Å². The minimum atomic E-state index is -0.143. The Morgan fingerprint density at radius 3 is 3.00 bits per heavy atom. The van der Waals surface area contributed by atoms with Crippen LogP contribution in [0.3, 0.4) is 0 Å². The summed E-state index contributed by atoms with van der Waals surface area (Å²) in [6.07, 6.45) is 4.50. The number of hydrogen-bond acceptors (Lipinski definition) is 3. The predicted octanol–water partition coefficient (Wildman–Crippen LogP) is 2.14. The van der Waals surface area contributed by atoms with Crippen LogP contribution >= 0.6 is 0 Å². The molecule has 1 fully saturated rings. The maximum atomic E-state index is 11.7. The average Bonchev–Trinajstić information content (AvgIpc) is 3.04. The number of ether oxygens (including phenoxy) is 1. The van der Waals surface area contributed by atoms with Crippen LogP contribution in [0, 0.1) is 11.8 Å². The number of urea groups is 1. The first-order valence-corrected chi connectivity index (χ1v) is 6.81. The van der Waals surface area contributed by atoms with E-state index >= 15 is 0 Å². The van der Waals surface area contributed by atoms with E-state index in [0.29, 0.717) is 24.9 Å². The van der Waals surface area contributed by atoms with Gasteiger partial charge in [-0.1, -0.05) is 13.8 Å². The summed E-state index contributed by atoms with van der Waals surface area (Å²) in [6, 6.07) is 1.69. The summed E-state index contributed by atoms with van der Waals surface area (Å²) in [7, 11) is 0. The molecule has 0 bridgehead atoms. The highest BCUT2D eigenvalue weighted by Gasteiger charge is 2.30. The number of carbonyl (C=O) groups excluding carboxylic acids is 1. The molecular formula is C14H22N2O3. The SMILES string of the molecule is CC(C)[C@H]1OCC[C@@H]1CNC(=O)NCc1ccoc1. The van der Waals surface area contributed by atoms with E-state index in [-0.39, 0.29) is 12.1 Å². The van der Waals surface area contributed by atoms with Gasteiger partial charge in [0.05, 0.1) is 18.6 Å². The third kappa shape index (κ3) is 3.99. The molecule has 1 aromatic heterocycles. The summed E-state index contributed by atoms with van der Waals surface area (Å²) in [6.45, 7) is 6.26. The van der Waals surface area contributed by atoms with Gasteiger partial charge in [-0.05, 0) is 18.4 Å². The summed E-state index contributed by atoms with van der Waals surface area (Å²) in [5, 5.41) is 5.71. The molecule has 0 saturated carbocycles. The Bertz CT molecular complexity index is 389. The molecule has 2 amide bonds. The zero-order chi connectivity index (χ0) is 13.7. The normalized spacial score (nSPS) is 22.7. The number of carbonyl (C=O) groups is 1. The Hall–Kier alpha value is -1.49. The van der Waals surface area contributed by atoms with E-state index in [4.69, 9.17) is 9.15 Å². The van der Waals surface area contributed by atoms with Gasteiger partial charge < -0.3 is 19.8 Å². The van der Waals surface area contributed by atoms with Gasteiger partial charge in [0.15, 0.2) is 0 Å². The van der Waals surface area contributed by atoms with Gasteiger partial charge in [0.25, 0.3) is 0 Å². The molecule has 19 heavy (non-hydrogen) atoms. The lowest BCUT2D eigenvalue weighted by molar-refractivity contribution is 0.0545. The summed E-state index contributed by atoms with van der Waals surface area (Å²) >= 11 is 0. The van der Waals surface area contributed by atoms with Gasteiger partial charge in [0, 0.05) is 31.2 Å². The first-order chi connectivity index (χ1) is 9.16. The van der Waals surface area contributed by atoms with Crippen molar-refractivity contribution in [3.05, 3.63) is 24.2 Å². The lowest BCUT2D eigenvalue weighted by atomic mass is 9.93. The van der Waals surface area contributed by atoms with Crippen LogP contribution in [-0.4, -0.2) is 25.3 Å². The molecule has 2 atom stereocenters. The Morgan fingerprint density at radius 2 is 2.32 bits per heavy atom. The van der Waals surface area contributed by atoms with Crippen molar-refractivity contribution in [2.45, 2.75) is 32.9 Å². The Balaban J connectivity index is 1.68. The van der Waals surface area contributed by atoms with E-state index in [9.17, 15) is 4.79 Å². The maximum Gasteiger partial charge on any atom is 0.315 e. The van der Waals surface area contributed by atoms with E-state index in [1.165, 1.54) is 0 Å². The second kappa shape index (κ2) is 6.61.